The zero-order chi connectivity index (χ0) is 17.1. The van der Waals surface area contributed by atoms with E-state index in [1.165, 1.54) is 0 Å². The van der Waals surface area contributed by atoms with Crippen molar-refractivity contribution >= 4 is 34.4 Å². The first-order valence-corrected chi connectivity index (χ1v) is 7.81. The molecule has 3 rings (SSSR count). The molecule has 10 heteroatoms. The van der Waals surface area contributed by atoms with Gasteiger partial charge in [0.15, 0.2) is 5.82 Å². The fourth-order valence-electron chi connectivity index (χ4n) is 2.51. The highest BCUT2D eigenvalue weighted by Gasteiger charge is 2.13. The summed E-state index contributed by atoms with van der Waals surface area (Å²) in [5.41, 5.74) is 1.21. The predicted molar refractivity (Wildman–Crippen MR) is 88.1 cm³/mol. The third-order valence-corrected chi connectivity index (χ3v) is 3.71. The van der Waals surface area contributed by atoms with Crippen molar-refractivity contribution in [2.45, 2.75) is 26.4 Å². The van der Waals surface area contributed by atoms with Crippen LogP contribution in [0.5, 0.6) is 0 Å². The van der Waals surface area contributed by atoms with Crippen LogP contribution in [0.3, 0.4) is 0 Å². The van der Waals surface area contributed by atoms with Crippen LogP contribution in [-0.4, -0.2) is 46.9 Å². The maximum absolute atomic E-state index is 11.0. The third kappa shape index (κ3) is 3.30. The number of halogens is 1. The average molecular weight is 350 g/mol. The van der Waals surface area contributed by atoms with Crippen LogP contribution in [0.1, 0.15) is 12.7 Å². The number of anilines is 1. The molecule has 0 atom stereocenters. The van der Waals surface area contributed by atoms with Crippen LogP contribution in [0, 0.1) is 0 Å². The number of fused-ring (bicyclic) bond motifs is 1. The van der Waals surface area contributed by atoms with Gasteiger partial charge >= 0.3 is 5.97 Å². The molecule has 126 valence electrons. The summed E-state index contributed by atoms with van der Waals surface area (Å²) in [7, 11) is 0. The second-order valence-electron chi connectivity index (χ2n) is 5.13. The van der Waals surface area contributed by atoms with E-state index in [1.807, 2.05) is 11.5 Å². The van der Waals surface area contributed by atoms with Crippen molar-refractivity contribution in [1.82, 2.24) is 29.3 Å². The minimum Gasteiger partial charge on any atom is -0.480 e. The van der Waals surface area contributed by atoms with Gasteiger partial charge < -0.3 is 19.6 Å². The number of aromatic nitrogens is 6. The molecule has 0 unspecified atom stereocenters. The number of hydrogen-bond donors (Lipinski definition) is 2. The van der Waals surface area contributed by atoms with E-state index >= 15 is 0 Å². The Morgan fingerprint density at radius 3 is 2.96 bits per heavy atom. The van der Waals surface area contributed by atoms with Crippen molar-refractivity contribution in [3.8, 4) is 0 Å². The summed E-state index contributed by atoms with van der Waals surface area (Å²) in [5, 5.41) is 20.2. The van der Waals surface area contributed by atoms with Crippen molar-refractivity contribution in [2.75, 3.05) is 11.9 Å². The van der Waals surface area contributed by atoms with Crippen LogP contribution < -0.4 is 5.32 Å². The molecular formula is C14H16ClN7O2. The number of carboxylic acids is 1. The van der Waals surface area contributed by atoms with E-state index in [0.29, 0.717) is 29.9 Å². The minimum absolute atomic E-state index is 0.108. The van der Waals surface area contributed by atoms with Crippen LogP contribution in [0.25, 0.3) is 11.0 Å². The topological polar surface area (TPSA) is 111 Å². The van der Waals surface area contributed by atoms with Crippen LogP contribution >= 0.6 is 11.6 Å². The lowest BCUT2D eigenvalue weighted by Gasteiger charge is -2.11. The monoisotopic (exact) mass is 349 g/mol. The molecule has 0 aliphatic carbocycles. The van der Waals surface area contributed by atoms with E-state index in [4.69, 9.17) is 16.7 Å². The average Bonchev–Trinajstić information content (AvgIpc) is 3.13. The molecule has 0 amide bonds. The lowest BCUT2D eigenvalue weighted by atomic mass is 10.4. The molecule has 3 heterocycles. The molecule has 0 saturated heterocycles. The van der Waals surface area contributed by atoms with Gasteiger partial charge in [0.05, 0.1) is 5.52 Å². The largest absolute Gasteiger partial charge is 0.480 e. The Bertz CT molecular complexity index is 873. The zero-order valence-corrected chi connectivity index (χ0v) is 13.7. The smallest absolute Gasteiger partial charge is 0.323 e. The SMILES string of the molecule is CCc1nncn1CCNc1nc(Cl)nc2ccn(CC(=O)O)c12. The molecule has 24 heavy (non-hydrogen) atoms. The van der Waals surface area contributed by atoms with E-state index in [1.54, 1.807) is 23.2 Å². The van der Waals surface area contributed by atoms with Crippen LogP contribution in [0.4, 0.5) is 5.82 Å². The lowest BCUT2D eigenvalue weighted by Crippen LogP contribution is -2.15. The first kappa shape index (κ1) is 16.2. The van der Waals surface area contributed by atoms with Gasteiger partial charge in [0, 0.05) is 25.7 Å². The molecule has 2 N–H and O–H groups in total. The van der Waals surface area contributed by atoms with Crippen LogP contribution in [0.15, 0.2) is 18.6 Å². The van der Waals surface area contributed by atoms with Crippen molar-refractivity contribution in [3.63, 3.8) is 0 Å². The van der Waals surface area contributed by atoms with Gasteiger partial charge in [-0.15, -0.1) is 10.2 Å². The van der Waals surface area contributed by atoms with E-state index < -0.39 is 5.97 Å². The van der Waals surface area contributed by atoms with Crippen molar-refractivity contribution in [2.24, 2.45) is 0 Å². The normalized spacial score (nSPS) is 11.1. The van der Waals surface area contributed by atoms with E-state index in [0.717, 1.165) is 12.2 Å². The Morgan fingerprint density at radius 1 is 1.38 bits per heavy atom. The fourth-order valence-corrected chi connectivity index (χ4v) is 2.69. The predicted octanol–water partition coefficient (Wildman–Crippen LogP) is 1.44. The molecule has 0 spiro atoms. The number of aliphatic carboxylic acids is 1. The Morgan fingerprint density at radius 2 is 2.21 bits per heavy atom. The standard InChI is InChI=1S/C14H16ClN7O2/c1-2-10-20-17-8-22(10)6-4-16-13-12-9(18-14(15)19-13)3-5-21(12)7-11(23)24/h3,5,8H,2,4,6-7H2,1H3,(H,23,24)(H,16,18,19). The van der Waals surface area contributed by atoms with Gasteiger partial charge in [0.25, 0.3) is 0 Å². The highest BCUT2D eigenvalue weighted by molar-refractivity contribution is 6.28. The summed E-state index contributed by atoms with van der Waals surface area (Å²) < 4.78 is 3.52. The molecule has 0 aliphatic rings. The quantitative estimate of drug-likeness (QED) is 0.621. The van der Waals surface area contributed by atoms with Crippen molar-refractivity contribution in [3.05, 3.63) is 29.7 Å². The molecule has 9 nitrogen and oxygen atoms in total. The number of nitrogens with one attached hydrogen (secondary N) is 1. The van der Waals surface area contributed by atoms with Crippen molar-refractivity contribution < 1.29 is 9.90 Å². The Balaban J connectivity index is 1.82. The molecule has 0 fully saturated rings. The molecule has 3 aromatic heterocycles. The summed E-state index contributed by atoms with van der Waals surface area (Å²) in [5.74, 6) is 0.463. The Labute approximate surface area is 142 Å². The molecule has 0 radical (unpaired) electrons. The first-order valence-electron chi connectivity index (χ1n) is 7.43. The molecule has 0 aliphatic heterocycles. The van der Waals surface area contributed by atoms with Crippen LogP contribution in [-0.2, 0) is 24.3 Å². The Hall–Kier alpha value is -2.68. The van der Waals surface area contributed by atoms with Gasteiger partial charge in [-0.25, -0.2) is 4.98 Å². The van der Waals surface area contributed by atoms with E-state index in [-0.39, 0.29) is 11.8 Å². The fraction of sp³-hybridized carbons (Fsp3) is 0.357. The lowest BCUT2D eigenvalue weighted by molar-refractivity contribution is -0.137. The number of nitrogens with zero attached hydrogens (tertiary/aromatic N) is 6. The number of carboxylic acid groups (broad SMARTS) is 1. The molecule has 0 saturated carbocycles. The van der Waals surface area contributed by atoms with Crippen molar-refractivity contribution in [1.29, 1.82) is 0 Å². The molecule has 0 bridgehead atoms. The van der Waals surface area contributed by atoms with E-state index in [2.05, 4.69) is 25.5 Å². The zero-order valence-electron chi connectivity index (χ0n) is 13.0. The Kier molecular flexibility index (Phi) is 4.61. The summed E-state index contributed by atoms with van der Waals surface area (Å²) in [4.78, 5) is 19.3. The first-order chi connectivity index (χ1) is 11.6. The summed E-state index contributed by atoms with van der Waals surface area (Å²) in [6.45, 7) is 3.06. The maximum Gasteiger partial charge on any atom is 0.323 e. The third-order valence-electron chi connectivity index (χ3n) is 3.55. The summed E-state index contributed by atoms with van der Waals surface area (Å²) in [6, 6.07) is 1.71. The summed E-state index contributed by atoms with van der Waals surface area (Å²) >= 11 is 5.95. The number of hydrogen-bond acceptors (Lipinski definition) is 6. The number of rotatable bonds is 7. The minimum atomic E-state index is -0.939. The van der Waals surface area contributed by atoms with Crippen LogP contribution in [0.2, 0.25) is 5.28 Å². The molecule has 0 aromatic carbocycles. The van der Waals surface area contributed by atoms with E-state index in [9.17, 15) is 4.79 Å². The van der Waals surface area contributed by atoms with Gasteiger partial charge in [0.1, 0.15) is 24.2 Å². The molecular weight excluding hydrogens is 334 g/mol. The molecule has 3 aromatic rings. The second-order valence-corrected chi connectivity index (χ2v) is 5.47. The van der Waals surface area contributed by atoms with Gasteiger partial charge in [0.2, 0.25) is 5.28 Å². The second kappa shape index (κ2) is 6.83. The van der Waals surface area contributed by atoms with Gasteiger partial charge in [-0.3, -0.25) is 4.79 Å². The number of aryl methyl sites for hydroxylation is 1. The number of carbonyl (C=O) groups is 1. The van der Waals surface area contributed by atoms with Gasteiger partial charge in [-0.05, 0) is 17.7 Å². The highest BCUT2D eigenvalue weighted by atomic mass is 35.5. The summed E-state index contributed by atoms with van der Waals surface area (Å²) in [6.07, 6.45) is 4.13. The van der Waals surface area contributed by atoms with Gasteiger partial charge in [-0.2, -0.15) is 4.98 Å². The highest BCUT2D eigenvalue weighted by Crippen LogP contribution is 2.23. The maximum atomic E-state index is 11.0. The van der Waals surface area contributed by atoms with Gasteiger partial charge in [-0.1, -0.05) is 6.92 Å².